The molecule has 23 heavy (non-hydrogen) atoms. The van der Waals surface area contributed by atoms with Crippen LogP contribution in [-0.2, 0) is 19.5 Å². The predicted octanol–water partition coefficient (Wildman–Crippen LogP) is 2.76. The lowest BCUT2D eigenvalue weighted by Crippen LogP contribution is -2.27. The molecule has 0 fully saturated rings. The van der Waals surface area contributed by atoms with Crippen LogP contribution in [0.1, 0.15) is 45.5 Å². The van der Waals surface area contributed by atoms with Crippen LogP contribution < -0.4 is 5.73 Å². The van der Waals surface area contributed by atoms with Crippen LogP contribution in [-0.4, -0.2) is 25.5 Å². The molecule has 2 rings (SSSR count). The third-order valence-corrected chi connectivity index (χ3v) is 3.90. The second kappa shape index (κ2) is 7.23. The lowest BCUT2D eigenvalue weighted by atomic mass is 10.1. The Morgan fingerprint density at radius 3 is 2.70 bits per heavy atom. The van der Waals surface area contributed by atoms with E-state index < -0.39 is 5.60 Å². The summed E-state index contributed by atoms with van der Waals surface area (Å²) in [6.07, 6.45) is 1.94. The SMILES string of the molecule is CCC(C)Cc1nc(-c2cccc(CN)c2)n(CC(C)(C)O)n1. The summed E-state index contributed by atoms with van der Waals surface area (Å²) in [7, 11) is 0. The predicted molar refractivity (Wildman–Crippen MR) is 92.8 cm³/mol. The van der Waals surface area contributed by atoms with Crippen LogP contribution in [0.15, 0.2) is 24.3 Å². The van der Waals surface area contributed by atoms with E-state index in [0.29, 0.717) is 19.0 Å². The van der Waals surface area contributed by atoms with Crippen molar-refractivity contribution in [2.75, 3.05) is 0 Å². The Bertz CT molecular complexity index is 643. The summed E-state index contributed by atoms with van der Waals surface area (Å²) in [4.78, 5) is 4.73. The van der Waals surface area contributed by atoms with E-state index in [2.05, 4.69) is 18.9 Å². The second-order valence-corrected chi connectivity index (χ2v) is 6.94. The third kappa shape index (κ3) is 4.88. The minimum absolute atomic E-state index is 0.405. The standard InChI is InChI=1S/C18H28N4O/c1-5-13(2)9-16-20-17(22(21-16)12-18(3,4)23)15-8-6-7-14(10-15)11-19/h6-8,10,13,23H,5,9,11-12,19H2,1-4H3. The number of rotatable bonds is 7. The Morgan fingerprint density at radius 2 is 2.09 bits per heavy atom. The Morgan fingerprint density at radius 1 is 1.35 bits per heavy atom. The maximum absolute atomic E-state index is 10.2. The molecular weight excluding hydrogens is 288 g/mol. The van der Waals surface area contributed by atoms with Gasteiger partial charge in [0.1, 0.15) is 0 Å². The summed E-state index contributed by atoms with van der Waals surface area (Å²) in [6.45, 7) is 8.83. The molecule has 1 heterocycles. The van der Waals surface area contributed by atoms with Gasteiger partial charge in [-0.1, -0.05) is 38.5 Å². The Balaban J connectivity index is 2.41. The molecule has 0 aliphatic heterocycles. The van der Waals surface area contributed by atoms with Gasteiger partial charge in [0.15, 0.2) is 11.6 Å². The van der Waals surface area contributed by atoms with Crippen molar-refractivity contribution in [3.05, 3.63) is 35.7 Å². The highest BCUT2D eigenvalue weighted by atomic mass is 16.3. The summed E-state index contributed by atoms with van der Waals surface area (Å²) in [5.74, 6) is 2.16. The van der Waals surface area contributed by atoms with Crippen LogP contribution >= 0.6 is 0 Å². The topological polar surface area (TPSA) is 77.0 Å². The first-order valence-corrected chi connectivity index (χ1v) is 8.28. The molecule has 0 radical (unpaired) electrons. The first-order valence-electron chi connectivity index (χ1n) is 8.28. The zero-order valence-electron chi connectivity index (χ0n) is 14.6. The monoisotopic (exact) mass is 316 g/mol. The van der Waals surface area contributed by atoms with E-state index >= 15 is 0 Å². The average molecular weight is 316 g/mol. The number of hydrogen-bond donors (Lipinski definition) is 2. The molecular formula is C18H28N4O. The Kier molecular flexibility index (Phi) is 5.55. The van der Waals surface area contributed by atoms with Gasteiger partial charge in [0.25, 0.3) is 0 Å². The molecule has 5 nitrogen and oxygen atoms in total. The van der Waals surface area contributed by atoms with E-state index in [1.165, 1.54) is 0 Å². The highest BCUT2D eigenvalue weighted by Gasteiger charge is 2.20. The number of nitrogens with two attached hydrogens (primary N) is 1. The molecule has 126 valence electrons. The van der Waals surface area contributed by atoms with E-state index in [0.717, 1.165) is 35.6 Å². The molecule has 0 bridgehead atoms. The van der Waals surface area contributed by atoms with Crippen molar-refractivity contribution in [1.29, 1.82) is 0 Å². The number of nitrogens with zero attached hydrogens (tertiary/aromatic N) is 3. The van der Waals surface area contributed by atoms with Crippen LogP contribution in [0.25, 0.3) is 11.4 Å². The number of hydrogen-bond acceptors (Lipinski definition) is 4. The smallest absolute Gasteiger partial charge is 0.158 e. The third-order valence-electron chi connectivity index (χ3n) is 3.90. The van der Waals surface area contributed by atoms with Crippen LogP contribution in [0.2, 0.25) is 0 Å². The minimum atomic E-state index is -0.846. The zero-order chi connectivity index (χ0) is 17.0. The molecule has 0 saturated carbocycles. The van der Waals surface area contributed by atoms with Crippen molar-refractivity contribution in [2.45, 2.75) is 59.2 Å². The molecule has 1 unspecified atom stereocenters. The van der Waals surface area contributed by atoms with Gasteiger partial charge in [-0.3, -0.25) is 0 Å². The molecule has 0 aliphatic rings. The normalized spacial score (nSPS) is 13.3. The number of aliphatic hydroxyl groups is 1. The van der Waals surface area contributed by atoms with Crippen molar-refractivity contribution < 1.29 is 5.11 Å². The van der Waals surface area contributed by atoms with Gasteiger partial charge >= 0.3 is 0 Å². The lowest BCUT2D eigenvalue weighted by Gasteiger charge is -2.18. The summed E-state index contributed by atoms with van der Waals surface area (Å²) >= 11 is 0. The second-order valence-electron chi connectivity index (χ2n) is 6.94. The van der Waals surface area contributed by atoms with Crippen LogP contribution in [0, 0.1) is 5.92 Å². The molecule has 0 aliphatic carbocycles. The quantitative estimate of drug-likeness (QED) is 0.823. The van der Waals surface area contributed by atoms with Gasteiger partial charge in [0.05, 0.1) is 12.1 Å². The fourth-order valence-corrected chi connectivity index (χ4v) is 2.46. The largest absolute Gasteiger partial charge is 0.389 e. The van der Waals surface area contributed by atoms with Gasteiger partial charge in [0, 0.05) is 18.5 Å². The maximum atomic E-state index is 10.2. The van der Waals surface area contributed by atoms with Gasteiger partial charge in [0.2, 0.25) is 0 Å². The molecule has 1 atom stereocenters. The Labute approximate surface area is 138 Å². The van der Waals surface area contributed by atoms with Crippen molar-refractivity contribution in [2.24, 2.45) is 11.7 Å². The molecule has 0 saturated heterocycles. The molecule has 0 spiro atoms. The molecule has 2 aromatic rings. The molecule has 1 aromatic carbocycles. The molecule has 3 N–H and O–H groups in total. The molecule has 1 aromatic heterocycles. The first kappa shape index (κ1) is 17.6. The van der Waals surface area contributed by atoms with E-state index in [1.807, 2.05) is 28.9 Å². The number of benzene rings is 1. The highest BCUT2D eigenvalue weighted by molar-refractivity contribution is 5.56. The van der Waals surface area contributed by atoms with Gasteiger partial charge in [-0.05, 0) is 31.4 Å². The fraction of sp³-hybridized carbons (Fsp3) is 0.556. The van der Waals surface area contributed by atoms with Crippen LogP contribution in [0.3, 0.4) is 0 Å². The van der Waals surface area contributed by atoms with E-state index in [9.17, 15) is 5.11 Å². The van der Waals surface area contributed by atoms with E-state index in [1.54, 1.807) is 13.8 Å². The van der Waals surface area contributed by atoms with Gasteiger partial charge in [-0.25, -0.2) is 9.67 Å². The summed E-state index contributed by atoms with van der Waals surface area (Å²) in [5.41, 5.74) is 6.94. The fourth-order valence-electron chi connectivity index (χ4n) is 2.46. The van der Waals surface area contributed by atoms with Gasteiger partial charge in [-0.15, -0.1) is 0 Å². The van der Waals surface area contributed by atoms with Crippen molar-refractivity contribution in [3.63, 3.8) is 0 Å². The van der Waals surface area contributed by atoms with Crippen LogP contribution in [0.4, 0.5) is 0 Å². The summed E-state index contributed by atoms with van der Waals surface area (Å²) in [6, 6.07) is 8.03. The van der Waals surface area contributed by atoms with Crippen molar-refractivity contribution in [1.82, 2.24) is 14.8 Å². The Hall–Kier alpha value is -1.72. The van der Waals surface area contributed by atoms with Crippen LogP contribution in [0.5, 0.6) is 0 Å². The maximum Gasteiger partial charge on any atom is 0.158 e. The minimum Gasteiger partial charge on any atom is -0.389 e. The number of aromatic nitrogens is 3. The van der Waals surface area contributed by atoms with E-state index in [-0.39, 0.29) is 0 Å². The summed E-state index contributed by atoms with van der Waals surface area (Å²) in [5, 5.41) is 14.8. The van der Waals surface area contributed by atoms with Crippen molar-refractivity contribution >= 4 is 0 Å². The first-order chi connectivity index (χ1) is 10.8. The average Bonchev–Trinajstić information content (AvgIpc) is 2.87. The van der Waals surface area contributed by atoms with E-state index in [4.69, 9.17) is 10.7 Å². The molecule has 5 heteroatoms. The lowest BCUT2D eigenvalue weighted by molar-refractivity contribution is 0.0581. The van der Waals surface area contributed by atoms with Crippen molar-refractivity contribution in [3.8, 4) is 11.4 Å². The highest BCUT2D eigenvalue weighted by Crippen LogP contribution is 2.22. The summed E-state index contributed by atoms with van der Waals surface area (Å²) < 4.78 is 1.81. The van der Waals surface area contributed by atoms with Gasteiger partial charge in [-0.2, -0.15) is 5.10 Å². The zero-order valence-corrected chi connectivity index (χ0v) is 14.6. The molecule has 0 amide bonds. The van der Waals surface area contributed by atoms with Gasteiger partial charge < -0.3 is 10.8 Å².